The number of nitrogens with zero attached hydrogens (tertiary/aromatic N) is 6. The molecule has 4 aromatic rings. The van der Waals surface area contributed by atoms with Crippen LogP contribution in [0, 0.1) is 0 Å². The van der Waals surface area contributed by atoms with Crippen LogP contribution in [0.4, 0.5) is 17.6 Å². The average molecular weight is 467 g/mol. The maximum absolute atomic E-state index is 9.72. The van der Waals surface area contributed by atoms with Crippen LogP contribution in [0.25, 0.3) is 16.9 Å². The highest BCUT2D eigenvalue weighted by Crippen LogP contribution is 2.39. The molecule has 34 heavy (non-hydrogen) atoms. The quantitative estimate of drug-likeness (QED) is 0.355. The molecule has 1 fully saturated rings. The second-order valence-electron chi connectivity index (χ2n) is 7.82. The standard InChI is InChI=1S/C22H26N8O4/c1-32-15-7-14(8-16(33-2)19(15)34-3)29-9-17(25-12-29)26-21-18-20(24-11-23-18)27-22(28-21)30-6-4-5-13(30)10-31/h7-9,11-13,31H,4-6,10H2,1-3H3,(H2,23,24,26,27,28)/t13-/m0/s1. The predicted octanol–water partition coefficient (Wildman–Crippen LogP) is 2.27. The maximum Gasteiger partial charge on any atom is 0.229 e. The number of ether oxygens (including phenoxy) is 3. The predicted molar refractivity (Wildman–Crippen MR) is 126 cm³/mol. The number of anilines is 3. The van der Waals surface area contributed by atoms with Crippen molar-refractivity contribution in [2.75, 3.05) is 44.7 Å². The molecule has 0 aliphatic carbocycles. The minimum Gasteiger partial charge on any atom is -0.493 e. The summed E-state index contributed by atoms with van der Waals surface area (Å²) >= 11 is 0. The van der Waals surface area contributed by atoms with Gasteiger partial charge in [-0.1, -0.05) is 0 Å². The van der Waals surface area contributed by atoms with Crippen molar-refractivity contribution in [3.63, 3.8) is 0 Å². The van der Waals surface area contributed by atoms with Gasteiger partial charge in [0.2, 0.25) is 11.7 Å². The molecule has 0 spiro atoms. The van der Waals surface area contributed by atoms with E-state index in [2.05, 4.69) is 25.3 Å². The minimum atomic E-state index is 0.00323. The number of methoxy groups -OCH3 is 3. The summed E-state index contributed by atoms with van der Waals surface area (Å²) in [5.41, 5.74) is 2.00. The van der Waals surface area contributed by atoms with E-state index < -0.39 is 0 Å². The summed E-state index contributed by atoms with van der Waals surface area (Å²) in [4.78, 5) is 23.2. The van der Waals surface area contributed by atoms with Gasteiger partial charge in [-0.25, -0.2) is 9.97 Å². The summed E-state index contributed by atoms with van der Waals surface area (Å²) in [6.45, 7) is 0.847. The molecule has 0 unspecified atom stereocenters. The molecule has 1 aromatic carbocycles. The number of hydrogen-bond donors (Lipinski definition) is 3. The Bertz CT molecular complexity index is 1280. The Labute approximate surface area is 195 Å². The van der Waals surface area contributed by atoms with E-state index in [0.717, 1.165) is 25.1 Å². The van der Waals surface area contributed by atoms with E-state index in [1.165, 1.54) is 0 Å². The van der Waals surface area contributed by atoms with Crippen molar-refractivity contribution in [1.82, 2.24) is 29.5 Å². The number of hydrogen-bond acceptors (Lipinski definition) is 10. The van der Waals surface area contributed by atoms with Gasteiger partial charge in [0.05, 0.1) is 52.2 Å². The van der Waals surface area contributed by atoms with E-state index in [0.29, 0.717) is 46.0 Å². The van der Waals surface area contributed by atoms with Crippen LogP contribution in [0.1, 0.15) is 12.8 Å². The Kier molecular flexibility index (Phi) is 5.80. The number of nitrogens with one attached hydrogen (secondary N) is 2. The highest BCUT2D eigenvalue weighted by Gasteiger charge is 2.27. The largest absolute Gasteiger partial charge is 0.493 e. The summed E-state index contributed by atoms with van der Waals surface area (Å²) in [5.74, 6) is 3.27. The second-order valence-corrected chi connectivity index (χ2v) is 7.82. The third-order valence-electron chi connectivity index (χ3n) is 5.90. The van der Waals surface area contributed by atoms with Gasteiger partial charge >= 0.3 is 0 Å². The van der Waals surface area contributed by atoms with Crippen molar-refractivity contribution in [2.45, 2.75) is 18.9 Å². The molecule has 1 atom stereocenters. The topological polar surface area (TPSA) is 135 Å². The van der Waals surface area contributed by atoms with Crippen LogP contribution in [0.15, 0.2) is 31.0 Å². The van der Waals surface area contributed by atoms with Crippen LogP contribution in [0.5, 0.6) is 17.2 Å². The molecular weight excluding hydrogens is 440 g/mol. The number of aliphatic hydroxyl groups is 1. The van der Waals surface area contributed by atoms with Crippen LogP contribution in [-0.4, -0.2) is 75.1 Å². The van der Waals surface area contributed by atoms with E-state index in [9.17, 15) is 5.11 Å². The number of aromatic nitrogens is 6. The first-order chi connectivity index (χ1) is 16.6. The lowest BCUT2D eigenvalue weighted by Gasteiger charge is -2.23. The van der Waals surface area contributed by atoms with Crippen LogP contribution in [0.2, 0.25) is 0 Å². The molecule has 12 heteroatoms. The maximum atomic E-state index is 9.72. The van der Waals surface area contributed by atoms with Crippen LogP contribution >= 0.6 is 0 Å². The van der Waals surface area contributed by atoms with Gasteiger partial charge in [-0.2, -0.15) is 9.97 Å². The van der Waals surface area contributed by atoms with Crippen molar-refractivity contribution >= 4 is 28.7 Å². The van der Waals surface area contributed by atoms with Crippen molar-refractivity contribution in [1.29, 1.82) is 0 Å². The van der Waals surface area contributed by atoms with E-state index >= 15 is 0 Å². The van der Waals surface area contributed by atoms with Crippen molar-refractivity contribution in [3.05, 3.63) is 31.0 Å². The van der Waals surface area contributed by atoms with Gasteiger partial charge in [0.1, 0.15) is 17.7 Å². The molecule has 1 aliphatic rings. The van der Waals surface area contributed by atoms with Gasteiger partial charge < -0.3 is 39.1 Å². The fraction of sp³-hybridized carbons (Fsp3) is 0.364. The van der Waals surface area contributed by atoms with Crippen LogP contribution in [0.3, 0.4) is 0 Å². The molecule has 0 radical (unpaired) electrons. The van der Waals surface area contributed by atoms with E-state index in [1.54, 1.807) is 34.0 Å². The first-order valence-electron chi connectivity index (χ1n) is 10.8. The molecule has 1 saturated heterocycles. The van der Waals surface area contributed by atoms with Gasteiger partial charge in [0.25, 0.3) is 0 Å². The number of fused-ring (bicyclic) bond motifs is 1. The van der Waals surface area contributed by atoms with Crippen LogP contribution in [-0.2, 0) is 0 Å². The molecule has 0 saturated carbocycles. The number of imidazole rings is 2. The SMILES string of the molecule is COc1cc(-n2cnc(Nc3nc(N4CCC[C@H]4CO)nc4nc[nH]c34)c2)cc(OC)c1OC. The molecule has 0 amide bonds. The molecule has 3 aromatic heterocycles. The summed E-state index contributed by atoms with van der Waals surface area (Å²) in [6.07, 6.45) is 6.97. The zero-order chi connectivity index (χ0) is 23.7. The lowest BCUT2D eigenvalue weighted by molar-refractivity contribution is 0.265. The summed E-state index contributed by atoms with van der Waals surface area (Å²) in [5, 5.41) is 13.0. The summed E-state index contributed by atoms with van der Waals surface area (Å²) in [7, 11) is 4.72. The molecule has 0 bridgehead atoms. The molecule has 12 nitrogen and oxygen atoms in total. The van der Waals surface area contributed by atoms with Crippen molar-refractivity contribution in [2.24, 2.45) is 0 Å². The highest BCUT2D eigenvalue weighted by atomic mass is 16.5. The smallest absolute Gasteiger partial charge is 0.229 e. The highest BCUT2D eigenvalue weighted by molar-refractivity contribution is 5.85. The fourth-order valence-electron chi connectivity index (χ4n) is 4.20. The Hall–Kier alpha value is -4.06. The van der Waals surface area contributed by atoms with Crippen LogP contribution < -0.4 is 24.4 Å². The third kappa shape index (κ3) is 3.81. The summed E-state index contributed by atoms with van der Waals surface area (Å²) in [6, 6.07) is 3.68. The van der Waals surface area contributed by atoms with E-state index in [1.807, 2.05) is 27.8 Å². The Morgan fingerprint density at radius 1 is 1.12 bits per heavy atom. The monoisotopic (exact) mass is 466 g/mol. The van der Waals surface area contributed by atoms with Gasteiger partial charge in [0, 0.05) is 18.7 Å². The summed E-state index contributed by atoms with van der Waals surface area (Å²) < 4.78 is 18.2. The zero-order valence-electron chi connectivity index (χ0n) is 19.1. The molecule has 178 valence electrons. The Morgan fingerprint density at radius 3 is 2.62 bits per heavy atom. The first kappa shape index (κ1) is 21.8. The molecule has 1 aliphatic heterocycles. The number of H-pyrrole nitrogens is 1. The molecule has 3 N–H and O–H groups in total. The van der Waals surface area contributed by atoms with E-state index in [-0.39, 0.29) is 12.6 Å². The van der Waals surface area contributed by atoms with Gasteiger partial charge in [-0.05, 0) is 12.8 Å². The lowest BCUT2D eigenvalue weighted by atomic mass is 10.2. The number of rotatable bonds is 8. The zero-order valence-corrected chi connectivity index (χ0v) is 19.1. The number of aliphatic hydroxyl groups excluding tert-OH is 1. The average Bonchev–Trinajstić information content (AvgIpc) is 3.63. The van der Waals surface area contributed by atoms with Gasteiger partial charge in [-0.15, -0.1) is 0 Å². The third-order valence-corrected chi connectivity index (χ3v) is 5.90. The van der Waals surface area contributed by atoms with E-state index in [4.69, 9.17) is 19.2 Å². The van der Waals surface area contributed by atoms with Gasteiger partial charge in [0.15, 0.2) is 23.0 Å². The van der Waals surface area contributed by atoms with Crippen molar-refractivity contribution in [3.8, 4) is 22.9 Å². The first-order valence-corrected chi connectivity index (χ1v) is 10.8. The fourth-order valence-corrected chi connectivity index (χ4v) is 4.20. The number of aromatic amines is 1. The minimum absolute atomic E-state index is 0.00323. The van der Waals surface area contributed by atoms with Crippen molar-refractivity contribution < 1.29 is 19.3 Å². The van der Waals surface area contributed by atoms with Gasteiger partial charge in [-0.3, -0.25) is 0 Å². The Balaban J connectivity index is 1.47. The molecule has 5 rings (SSSR count). The molecule has 4 heterocycles. The second kappa shape index (κ2) is 9.06. The normalized spacial score (nSPS) is 15.6. The number of benzene rings is 1. The molecular formula is C22H26N8O4. The lowest BCUT2D eigenvalue weighted by Crippen LogP contribution is -2.33. The Morgan fingerprint density at radius 2 is 1.91 bits per heavy atom.